The highest BCUT2D eigenvalue weighted by Gasteiger charge is 2.35. The Hall–Kier alpha value is -3.88. The van der Waals surface area contributed by atoms with Crippen molar-refractivity contribution in [3.63, 3.8) is 0 Å². The largest absolute Gasteiger partial charge is 0.493 e. The lowest BCUT2D eigenvalue weighted by molar-refractivity contribution is -0.130. The van der Waals surface area contributed by atoms with E-state index in [0.717, 1.165) is 10.5 Å². The van der Waals surface area contributed by atoms with Crippen molar-refractivity contribution in [3.8, 4) is 17.2 Å². The van der Waals surface area contributed by atoms with Gasteiger partial charge in [0, 0.05) is 6.54 Å². The van der Waals surface area contributed by atoms with Gasteiger partial charge in [0.15, 0.2) is 11.5 Å². The molecular weight excluding hydrogens is 407 g/mol. The number of amides is 4. The van der Waals surface area contributed by atoms with Crippen molar-refractivity contribution < 1.29 is 33.0 Å². The van der Waals surface area contributed by atoms with Crippen LogP contribution in [0.3, 0.4) is 0 Å². The van der Waals surface area contributed by atoms with Gasteiger partial charge in [0.25, 0.3) is 11.8 Å². The predicted molar refractivity (Wildman–Crippen MR) is 109 cm³/mol. The van der Waals surface area contributed by atoms with Gasteiger partial charge in [-0.1, -0.05) is 12.1 Å². The number of nitrogens with zero attached hydrogens (tertiary/aromatic N) is 1. The molecule has 1 fully saturated rings. The number of methoxy groups -OCH3 is 3. The van der Waals surface area contributed by atoms with E-state index in [1.807, 2.05) is 0 Å². The summed E-state index contributed by atoms with van der Waals surface area (Å²) < 4.78 is 28.9. The molecule has 1 heterocycles. The van der Waals surface area contributed by atoms with Crippen molar-refractivity contribution in [2.75, 3.05) is 27.9 Å². The van der Waals surface area contributed by atoms with Crippen LogP contribution in [0.4, 0.5) is 9.18 Å². The monoisotopic (exact) mass is 428 g/mol. The van der Waals surface area contributed by atoms with Crippen molar-refractivity contribution in [2.24, 2.45) is 0 Å². The highest BCUT2D eigenvalue weighted by Crippen LogP contribution is 2.38. The summed E-state index contributed by atoms with van der Waals surface area (Å²) >= 11 is 0. The zero-order valence-electron chi connectivity index (χ0n) is 17.2. The maximum absolute atomic E-state index is 13.1. The summed E-state index contributed by atoms with van der Waals surface area (Å²) in [5.74, 6) is -0.853. The average molecular weight is 428 g/mol. The van der Waals surface area contributed by atoms with Crippen LogP contribution in [0.5, 0.6) is 17.2 Å². The molecule has 0 saturated carbocycles. The molecular formula is C22H21FN2O6. The van der Waals surface area contributed by atoms with Gasteiger partial charge in [-0.2, -0.15) is 0 Å². The number of nitrogens with one attached hydrogen (secondary N) is 1. The Morgan fingerprint density at radius 2 is 1.58 bits per heavy atom. The third kappa shape index (κ3) is 4.66. The van der Waals surface area contributed by atoms with Gasteiger partial charge in [0.05, 0.1) is 21.3 Å². The van der Waals surface area contributed by atoms with E-state index in [2.05, 4.69) is 5.32 Å². The van der Waals surface area contributed by atoms with Crippen LogP contribution in [-0.2, 0) is 16.0 Å². The van der Waals surface area contributed by atoms with Gasteiger partial charge < -0.3 is 14.2 Å². The molecule has 0 atom stereocenters. The molecule has 0 aliphatic carbocycles. The first-order valence-corrected chi connectivity index (χ1v) is 9.31. The number of barbiturate groups is 1. The first kappa shape index (κ1) is 21.8. The molecule has 8 nitrogen and oxygen atoms in total. The van der Waals surface area contributed by atoms with Crippen molar-refractivity contribution in [3.05, 3.63) is 58.9 Å². The highest BCUT2D eigenvalue weighted by molar-refractivity contribution is 6.31. The molecule has 31 heavy (non-hydrogen) atoms. The molecule has 2 aromatic rings. The van der Waals surface area contributed by atoms with Crippen LogP contribution in [0.2, 0.25) is 0 Å². The van der Waals surface area contributed by atoms with Crippen molar-refractivity contribution in [2.45, 2.75) is 6.42 Å². The second kappa shape index (κ2) is 9.29. The van der Waals surface area contributed by atoms with E-state index in [4.69, 9.17) is 14.2 Å². The van der Waals surface area contributed by atoms with Gasteiger partial charge in [-0.15, -0.1) is 0 Å². The second-order valence-electron chi connectivity index (χ2n) is 6.61. The van der Waals surface area contributed by atoms with Gasteiger partial charge in [0.1, 0.15) is 11.4 Å². The lowest BCUT2D eigenvalue weighted by atomic mass is 10.1. The lowest BCUT2D eigenvalue weighted by Gasteiger charge is -2.26. The first-order valence-electron chi connectivity index (χ1n) is 9.31. The van der Waals surface area contributed by atoms with Crippen LogP contribution in [0.15, 0.2) is 42.0 Å². The number of halogens is 1. The molecule has 4 amide bonds. The minimum absolute atomic E-state index is 0.0240. The maximum atomic E-state index is 13.1. The van der Waals surface area contributed by atoms with Crippen LogP contribution >= 0.6 is 0 Å². The van der Waals surface area contributed by atoms with Crippen LogP contribution in [0.25, 0.3) is 6.08 Å². The highest BCUT2D eigenvalue weighted by atomic mass is 19.1. The minimum atomic E-state index is -0.806. The van der Waals surface area contributed by atoms with Crippen LogP contribution < -0.4 is 19.5 Å². The summed E-state index contributed by atoms with van der Waals surface area (Å²) in [7, 11) is 4.35. The van der Waals surface area contributed by atoms with E-state index in [0.29, 0.717) is 29.2 Å². The molecule has 0 aromatic heterocycles. The quantitative estimate of drug-likeness (QED) is 0.538. The fourth-order valence-electron chi connectivity index (χ4n) is 3.14. The van der Waals surface area contributed by atoms with Crippen LogP contribution in [0.1, 0.15) is 11.1 Å². The second-order valence-corrected chi connectivity index (χ2v) is 6.61. The Morgan fingerprint density at radius 3 is 2.13 bits per heavy atom. The van der Waals surface area contributed by atoms with E-state index >= 15 is 0 Å². The Kier molecular flexibility index (Phi) is 6.54. The Morgan fingerprint density at radius 1 is 0.968 bits per heavy atom. The Balaban J connectivity index is 1.88. The van der Waals surface area contributed by atoms with Gasteiger partial charge in [0.2, 0.25) is 5.75 Å². The zero-order valence-corrected chi connectivity index (χ0v) is 17.2. The van der Waals surface area contributed by atoms with Gasteiger partial charge >= 0.3 is 6.03 Å². The molecule has 1 aliphatic heterocycles. The number of hydrogen-bond donors (Lipinski definition) is 1. The zero-order chi connectivity index (χ0) is 22.5. The maximum Gasteiger partial charge on any atom is 0.331 e. The molecule has 0 radical (unpaired) electrons. The van der Waals surface area contributed by atoms with Crippen molar-refractivity contribution in [1.29, 1.82) is 0 Å². The number of rotatable bonds is 7. The third-order valence-corrected chi connectivity index (χ3v) is 4.72. The minimum Gasteiger partial charge on any atom is -0.493 e. The van der Waals surface area contributed by atoms with Crippen molar-refractivity contribution in [1.82, 2.24) is 10.2 Å². The third-order valence-electron chi connectivity index (χ3n) is 4.72. The molecule has 1 aliphatic rings. The van der Waals surface area contributed by atoms with Gasteiger partial charge in [-0.3, -0.25) is 19.8 Å². The topological polar surface area (TPSA) is 94.2 Å². The van der Waals surface area contributed by atoms with Crippen molar-refractivity contribution >= 4 is 23.9 Å². The Bertz CT molecular complexity index is 1020. The predicted octanol–water partition coefficient (Wildman–Crippen LogP) is 2.56. The molecule has 3 rings (SSSR count). The number of carbonyl (C=O) groups is 3. The first-order chi connectivity index (χ1) is 14.9. The summed E-state index contributed by atoms with van der Waals surface area (Å²) in [6.45, 7) is 0.0240. The number of carbonyl (C=O) groups excluding carboxylic acids is 3. The van der Waals surface area contributed by atoms with E-state index in [9.17, 15) is 18.8 Å². The van der Waals surface area contributed by atoms with Gasteiger partial charge in [-0.05, 0) is 47.9 Å². The number of urea groups is 1. The van der Waals surface area contributed by atoms with Crippen LogP contribution in [0, 0.1) is 5.82 Å². The fourth-order valence-corrected chi connectivity index (χ4v) is 3.14. The number of ether oxygens (including phenoxy) is 3. The summed E-state index contributed by atoms with van der Waals surface area (Å²) in [6.07, 6.45) is 1.66. The molecule has 2 aromatic carbocycles. The normalized spacial score (nSPS) is 15.2. The average Bonchev–Trinajstić information content (AvgIpc) is 2.76. The van der Waals surface area contributed by atoms with Crippen LogP contribution in [-0.4, -0.2) is 50.6 Å². The smallest absolute Gasteiger partial charge is 0.331 e. The van der Waals surface area contributed by atoms with E-state index in [1.54, 1.807) is 24.3 Å². The van der Waals surface area contributed by atoms with E-state index in [1.165, 1.54) is 39.5 Å². The molecule has 0 spiro atoms. The van der Waals surface area contributed by atoms with E-state index in [-0.39, 0.29) is 17.9 Å². The number of benzene rings is 2. The fraction of sp³-hybridized carbons (Fsp3) is 0.227. The number of hydrogen-bond acceptors (Lipinski definition) is 6. The Labute approximate surface area is 178 Å². The SMILES string of the molecule is COc1cc(C=C2C(=O)NC(=O)N(CCc3ccc(F)cc3)C2=O)cc(OC)c1OC. The van der Waals surface area contributed by atoms with Gasteiger partial charge in [-0.25, -0.2) is 9.18 Å². The molecule has 0 bridgehead atoms. The summed E-state index contributed by atoms with van der Waals surface area (Å²) in [6, 6.07) is 8.08. The van der Waals surface area contributed by atoms with E-state index < -0.39 is 17.8 Å². The summed E-state index contributed by atoms with van der Waals surface area (Å²) in [5.41, 5.74) is 0.975. The summed E-state index contributed by atoms with van der Waals surface area (Å²) in [5, 5.41) is 2.17. The lowest BCUT2D eigenvalue weighted by Crippen LogP contribution is -2.54. The molecule has 1 saturated heterocycles. The standard InChI is InChI=1S/C22H21FN2O6/c1-29-17-11-14(12-18(30-2)19(17)31-3)10-16-20(26)24-22(28)25(21(16)27)9-8-13-4-6-15(23)7-5-13/h4-7,10-12H,8-9H2,1-3H3,(H,24,26,28). The molecule has 9 heteroatoms. The number of imide groups is 2. The molecule has 162 valence electrons. The molecule has 0 unspecified atom stereocenters. The molecule has 1 N–H and O–H groups in total. The summed E-state index contributed by atoms with van der Waals surface area (Å²) in [4.78, 5) is 38.4.